The molecule has 0 aliphatic carbocycles. The van der Waals surface area contributed by atoms with E-state index in [0.717, 1.165) is 18.2 Å². The molecule has 0 saturated heterocycles. The zero-order chi connectivity index (χ0) is 12.8. The van der Waals surface area contributed by atoms with Gasteiger partial charge in [0.2, 0.25) is 0 Å². The van der Waals surface area contributed by atoms with Crippen molar-refractivity contribution in [2.45, 2.75) is 25.9 Å². The van der Waals surface area contributed by atoms with Crippen molar-refractivity contribution >= 4 is 0 Å². The van der Waals surface area contributed by atoms with Crippen molar-refractivity contribution in [3.05, 3.63) is 29.8 Å². The zero-order valence-electron chi connectivity index (χ0n) is 9.91. The van der Waals surface area contributed by atoms with Gasteiger partial charge in [-0.15, -0.1) is 0 Å². The fourth-order valence-electron chi connectivity index (χ4n) is 1.43. The number of hydrogen-bond donors (Lipinski definition) is 2. The van der Waals surface area contributed by atoms with Crippen molar-refractivity contribution < 1.29 is 18.6 Å². The Bertz CT molecular complexity index is 338. The summed E-state index contributed by atoms with van der Waals surface area (Å²) in [5.74, 6) is -1.25. The highest BCUT2D eigenvalue weighted by Gasteiger charge is 2.10. The first-order valence-electron chi connectivity index (χ1n) is 5.47. The number of aliphatic hydroxyl groups excluding tert-OH is 1. The third-order valence-corrected chi connectivity index (χ3v) is 2.08. The first kappa shape index (κ1) is 13.9. The lowest BCUT2D eigenvalue weighted by Crippen LogP contribution is -2.41. The molecule has 0 bridgehead atoms. The molecule has 0 aromatic heterocycles. The second-order valence-corrected chi connectivity index (χ2v) is 4.12. The summed E-state index contributed by atoms with van der Waals surface area (Å²) in [7, 11) is 0. The molecule has 0 radical (unpaired) electrons. The molecule has 0 amide bonds. The summed E-state index contributed by atoms with van der Waals surface area (Å²) in [4.78, 5) is 0. The lowest BCUT2D eigenvalue weighted by molar-refractivity contribution is 0.176. The van der Waals surface area contributed by atoms with Gasteiger partial charge in [-0.3, -0.25) is 0 Å². The number of halogens is 2. The van der Waals surface area contributed by atoms with Gasteiger partial charge in [-0.2, -0.15) is 0 Å². The average molecular weight is 245 g/mol. The molecule has 0 aliphatic heterocycles. The smallest absolute Gasteiger partial charge is 0.129 e. The number of hydrogen-bond acceptors (Lipinski definition) is 3. The topological polar surface area (TPSA) is 41.5 Å². The summed E-state index contributed by atoms with van der Waals surface area (Å²) in [5.41, 5.74) is 0. The van der Waals surface area contributed by atoms with Gasteiger partial charge in [0.25, 0.3) is 0 Å². The van der Waals surface area contributed by atoms with Gasteiger partial charge < -0.3 is 15.2 Å². The molecule has 0 spiro atoms. The van der Waals surface area contributed by atoms with Crippen LogP contribution < -0.4 is 10.1 Å². The molecule has 1 aromatic rings. The van der Waals surface area contributed by atoms with Crippen molar-refractivity contribution in [3.8, 4) is 5.75 Å². The van der Waals surface area contributed by atoms with Crippen molar-refractivity contribution in [3.63, 3.8) is 0 Å². The number of rotatable bonds is 6. The van der Waals surface area contributed by atoms with Gasteiger partial charge in [0.1, 0.15) is 24.0 Å². The molecule has 0 aliphatic rings. The zero-order valence-corrected chi connectivity index (χ0v) is 9.91. The van der Waals surface area contributed by atoms with E-state index in [4.69, 9.17) is 9.84 Å². The minimum absolute atomic E-state index is 0.101. The third-order valence-electron chi connectivity index (χ3n) is 2.08. The van der Waals surface area contributed by atoms with Crippen LogP contribution in [0.15, 0.2) is 18.2 Å². The summed E-state index contributed by atoms with van der Waals surface area (Å²) in [6, 6.07) is 2.92. The van der Waals surface area contributed by atoms with Crippen molar-refractivity contribution in [1.82, 2.24) is 5.32 Å². The second kappa shape index (κ2) is 6.51. The fourth-order valence-corrected chi connectivity index (χ4v) is 1.43. The summed E-state index contributed by atoms with van der Waals surface area (Å²) in [5, 5.41) is 12.1. The van der Waals surface area contributed by atoms with Crippen molar-refractivity contribution in [1.29, 1.82) is 0 Å². The summed E-state index contributed by atoms with van der Waals surface area (Å²) < 4.78 is 30.9. The molecule has 0 fully saturated rings. The minimum atomic E-state index is -0.683. The Morgan fingerprint density at radius 1 is 1.24 bits per heavy atom. The van der Waals surface area contributed by atoms with Gasteiger partial charge in [-0.05, 0) is 0 Å². The molecule has 1 unspecified atom stereocenters. The van der Waals surface area contributed by atoms with Gasteiger partial charge in [0.05, 0.1) is 12.6 Å². The molecule has 5 heteroatoms. The standard InChI is InChI=1S/C12H17F2NO2/c1-8(2)15-11(6-16)7-17-12-4-9(13)3-10(14)5-12/h3-5,8,11,15-16H,6-7H2,1-2H3. The van der Waals surface area contributed by atoms with E-state index in [-0.39, 0.29) is 31.0 Å². The highest BCUT2D eigenvalue weighted by molar-refractivity contribution is 5.23. The first-order chi connectivity index (χ1) is 8.01. The minimum Gasteiger partial charge on any atom is -0.492 e. The van der Waals surface area contributed by atoms with Gasteiger partial charge in [0, 0.05) is 24.2 Å². The maximum absolute atomic E-state index is 12.9. The molecule has 1 atom stereocenters. The van der Waals surface area contributed by atoms with Crippen LogP contribution in [-0.4, -0.2) is 30.4 Å². The van der Waals surface area contributed by atoms with Gasteiger partial charge in [-0.1, -0.05) is 13.8 Å². The van der Waals surface area contributed by atoms with Crippen LogP contribution >= 0.6 is 0 Å². The van der Waals surface area contributed by atoms with Crippen LogP contribution in [0.3, 0.4) is 0 Å². The van der Waals surface area contributed by atoms with Gasteiger partial charge >= 0.3 is 0 Å². The van der Waals surface area contributed by atoms with E-state index in [1.54, 1.807) is 0 Å². The van der Waals surface area contributed by atoms with Crippen LogP contribution in [-0.2, 0) is 0 Å². The Labute approximate surface area is 99.4 Å². The van der Waals surface area contributed by atoms with Gasteiger partial charge in [-0.25, -0.2) is 8.78 Å². The fraction of sp³-hybridized carbons (Fsp3) is 0.500. The highest BCUT2D eigenvalue weighted by Crippen LogP contribution is 2.15. The molecule has 0 heterocycles. The normalized spacial score (nSPS) is 12.8. The first-order valence-corrected chi connectivity index (χ1v) is 5.47. The quantitative estimate of drug-likeness (QED) is 0.801. The maximum atomic E-state index is 12.9. The number of aliphatic hydroxyl groups is 1. The van der Waals surface area contributed by atoms with E-state index in [1.165, 1.54) is 0 Å². The monoisotopic (exact) mass is 245 g/mol. The Kier molecular flexibility index (Phi) is 5.31. The Hall–Kier alpha value is -1.20. The Balaban J connectivity index is 2.53. The van der Waals surface area contributed by atoms with E-state index in [2.05, 4.69) is 5.32 Å². The molecule has 96 valence electrons. The van der Waals surface area contributed by atoms with Crippen LogP contribution in [0, 0.1) is 11.6 Å². The lowest BCUT2D eigenvalue weighted by atomic mass is 10.2. The van der Waals surface area contributed by atoms with Crippen LogP contribution in [0.25, 0.3) is 0 Å². The molecular formula is C12H17F2NO2. The van der Waals surface area contributed by atoms with Crippen molar-refractivity contribution in [2.24, 2.45) is 0 Å². The predicted molar refractivity (Wildman–Crippen MR) is 61.0 cm³/mol. The highest BCUT2D eigenvalue weighted by atomic mass is 19.1. The Morgan fingerprint density at radius 3 is 2.29 bits per heavy atom. The Morgan fingerprint density at radius 2 is 1.82 bits per heavy atom. The molecule has 1 rings (SSSR count). The molecule has 0 saturated carbocycles. The van der Waals surface area contributed by atoms with Crippen LogP contribution in [0.5, 0.6) is 5.75 Å². The molecule has 2 N–H and O–H groups in total. The lowest BCUT2D eigenvalue weighted by Gasteiger charge is -2.19. The number of nitrogens with one attached hydrogen (secondary N) is 1. The van der Waals surface area contributed by atoms with Crippen molar-refractivity contribution in [2.75, 3.05) is 13.2 Å². The summed E-state index contributed by atoms with van der Waals surface area (Å²) in [6.45, 7) is 3.92. The van der Waals surface area contributed by atoms with Crippen LogP contribution in [0.1, 0.15) is 13.8 Å². The van der Waals surface area contributed by atoms with E-state index in [9.17, 15) is 8.78 Å². The predicted octanol–water partition coefficient (Wildman–Crippen LogP) is 1.70. The number of benzene rings is 1. The third kappa shape index (κ3) is 5.10. The van der Waals surface area contributed by atoms with E-state index in [0.29, 0.717) is 0 Å². The van der Waals surface area contributed by atoms with Crippen LogP contribution in [0.4, 0.5) is 8.78 Å². The average Bonchev–Trinajstić information content (AvgIpc) is 2.22. The molecule has 3 nitrogen and oxygen atoms in total. The maximum Gasteiger partial charge on any atom is 0.129 e. The SMILES string of the molecule is CC(C)NC(CO)COc1cc(F)cc(F)c1. The molecule has 17 heavy (non-hydrogen) atoms. The second-order valence-electron chi connectivity index (χ2n) is 4.12. The van der Waals surface area contributed by atoms with E-state index >= 15 is 0 Å². The van der Waals surface area contributed by atoms with E-state index < -0.39 is 11.6 Å². The number of ether oxygens (including phenoxy) is 1. The van der Waals surface area contributed by atoms with Crippen LogP contribution in [0.2, 0.25) is 0 Å². The summed E-state index contributed by atoms with van der Waals surface area (Å²) >= 11 is 0. The van der Waals surface area contributed by atoms with E-state index in [1.807, 2.05) is 13.8 Å². The molecular weight excluding hydrogens is 228 g/mol. The summed E-state index contributed by atoms with van der Waals surface area (Å²) in [6.07, 6.45) is 0. The molecule has 1 aromatic carbocycles. The largest absolute Gasteiger partial charge is 0.492 e. The van der Waals surface area contributed by atoms with Gasteiger partial charge in [0.15, 0.2) is 0 Å².